The maximum Gasteiger partial charge on any atom is 0.0308 e. The van der Waals surface area contributed by atoms with Gasteiger partial charge in [0.25, 0.3) is 0 Å². The molecule has 0 aliphatic carbocycles. The van der Waals surface area contributed by atoms with Crippen LogP contribution in [0.1, 0.15) is 200 Å². The second-order valence-electron chi connectivity index (χ2n) is 17.9. The normalized spacial score (nSPS) is 11.8. The van der Waals surface area contributed by atoms with Crippen LogP contribution in [0.25, 0.3) is 0 Å². The quantitative estimate of drug-likeness (QED) is 0.239. The summed E-state index contributed by atoms with van der Waals surface area (Å²) in [7, 11) is 0. The summed E-state index contributed by atoms with van der Waals surface area (Å²) in [4.78, 5) is 8.45. The van der Waals surface area contributed by atoms with Gasteiger partial charge in [-0.2, -0.15) is 0 Å². The van der Waals surface area contributed by atoms with Crippen LogP contribution in [0.15, 0.2) is 61.2 Å². The van der Waals surface area contributed by atoms with Gasteiger partial charge in [0.05, 0.1) is 0 Å². The van der Waals surface area contributed by atoms with Crippen molar-refractivity contribution in [1.82, 2.24) is 9.97 Å². The van der Waals surface area contributed by atoms with E-state index in [1.807, 2.05) is 66.3 Å². The first kappa shape index (κ1) is 49.9. The molecule has 0 unspecified atom stereocenters. The van der Waals surface area contributed by atoms with Crippen molar-refractivity contribution >= 4 is 0 Å². The molecule has 0 atom stereocenters. The van der Waals surface area contributed by atoms with Crippen molar-refractivity contribution in [2.75, 3.05) is 0 Å². The zero-order valence-electron chi connectivity index (χ0n) is 36.7. The van der Waals surface area contributed by atoms with E-state index < -0.39 is 0 Å². The predicted octanol–water partition coefficient (Wildman–Crippen LogP) is 14.7. The molecule has 0 saturated carbocycles. The fourth-order valence-corrected chi connectivity index (χ4v) is 5.08. The van der Waals surface area contributed by atoms with Crippen LogP contribution in [0.4, 0.5) is 0 Å². The van der Waals surface area contributed by atoms with Crippen molar-refractivity contribution < 1.29 is 0 Å². The molecule has 0 N–H and O–H groups in total. The lowest BCUT2D eigenvalue weighted by atomic mass is 9.75. The minimum Gasteiger partial charge on any atom is -0.264 e. The molecule has 0 fully saturated rings. The molecule has 0 aliphatic rings. The molecule has 3 aromatic rings. The van der Waals surface area contributed by atoms with Gasteiger partial charge in [0, 0.05) is 24.8 Å². The lowest BCUT2D eigenvalue weighted by molar-refractivity contribution is 0.527. The van der Waals surface area contributed by atoms with Crippen molar-refractivity contribution in [3.63, 3.8) is 0 Å². The van der Waals surface area contributed by atoms with E-state index >= 15 is 0 Å². The highest BCUT2D eigenvalue weighted by molar-refractivity contribution is 5.38. The summed E-state index contributed by atoms with van der Waals surface area (Å²) >= 11 is 0. The highest BCUT2D eigenvalue weighted by Gasteiger charge is 2.26. The van der Waals surface area contributed by atoms with Crippen LogP contribution in [-0.2, 0) is 32.5 Å². The van der Waals surface area contributed by atoms with Gasteiger partial charge in [-0.15, -0.1) is 0 Å². The van der Waals surface area contributed by atoms with Gasteiger partial charge in [0.2, 0.25) is 0 Å². The molecule has 3 rings (SSSR count). The first-order valence-corrected chi connectivity index (χ1v) is 18.7. The molecular weight excluding hydrogens is 581 g/mol. The number of pyridine rings is 2. The van der Waals surface area contributed by atoms with Crippen molar-refractivity contribution in [2.24, 2.45) is 0 Å². The predicted molar refractivity (Wildman–Crippen MR) is 221 cm³/mol. The van der Waals surface area contributed by atoms with E-state index in [1.54, 1.807) is 0 Å². The third kappa shape index (κ3) is 17.8. The van der Waals surface area contributed by atoms with Gasteiger partial charge in [-0.05, 0) is 78.0 Å². The van der Waals surface area contributed by atoms with Gasteiger partial charge >= 0.3 is 0 Å². The van der Waals surface area contributed by atoms with Crippen LogP contribution < -0.4 is 0 Å². The SMILES string of the molecule is CC.CC.CC.CC(C)(C)c1ccccc1C(C)(C)C.CC(C)(C)c1ccncc1C(C)(C)C.CC(C)(C)c1ccncc1C(C)(C)C. The molecule has 2 nitrogen and oxygen atoms in total. The Morgan fingerprint density at radius 3 is 0.646 bits per heavy atom. The van der Waals surface area contributed by atoms with Gasteiger partial charge in [-0.1, -0.05) is 190 Å². The molecule has 0 aliphatic heterocycles. The summed E-state index contributed by atoms with van der Waals surface area (Å²) in [5.74, 6) is 0. The van der Waals surface area contributed by atoms with Crippen LogP contribution >= 0.6 is 0 Å². The second-order valence-corrected chi connectivity index (χ2v) is 17.9. The Bertz CT molecular complexity index is 996. The largest absolute Gasteiger partial charge is 0.264 e. The fourth-order valence-electron chi connectivity index (χ4n) is 5.08. The van der Waals surface area contributed by atoms with Gasteiger partial charge in [0.15, 0.2) is 0 Å². The van der Waals surface area contributed by atoms with Crippen LogP contribution in [0.2, 0.25) is 0 Å². The molecule has 0 spiro atoms. The fraction of sp³-hybridized carbons (Fsp3) is 0.652. The van der Waals surface area contributed by atoms with E-state index in [0.29, 0.717) is 0 Å². The molecule has 48 heavy (non-hydrogen) atoms. The smallest absolute Gasteiger partial charge is 0.0308 e. The zero-order chi connectivity index (χ0) is 38.9. The molecule has 0 radical (unpaired) electrons. The first-order valence-electron chi connectivity index (χ1n) is 18.7. The van der Waals surface area contributed by atoms with E-state index in [-0.39, 0.29) is 32.5 Å². The number of hydrogen-bond acceptors (Lipinski definition) is 2. The average molecular weight is 663 g/mol. The van der Waals surface area contributed by atoms with Crippen molar-refractivity contribution in [1.29, 1.82) is 0 Å². The van der Waals surface area contributed by atoms with E-state index in [1.165, 1.54) is 33.4 Å². The van der Waals surface area contributed by atoms with Gasteiger partial charge in [-0.25, -0.2) is 0 Å². The van der Waals surface area contributed by atoms with Gasteiger partial charge in [0.1, 0.15) is 0 Å². The standard InChI is InChI=1S/C14H22.2C13H21N.3C2H6/c1-13(2,3)11-9-7-8-10-12(11)14(4,5)6;2*1-12(2,3)10-7-8-14-9-11(10)13(4,5)6;3*1-2/h7-10H,1-6H3;2*7-9H,1-6H3;3*1-2H3. The minimum atomic E-state index is 0.177. The topological polar surface area (TPSA) is 25.8 Å². The summed E-state index contributed by atoms with van der Waals surface area (Å²) in [6.45, 7) is 52.5. The van der Waals surface area contributed by atoms with Crippen molar-refractivity contribution in [3.8, 4) is 0 Å². The third-order valence-corrected chi connectivity index (χ3v) is 7.42. The second kappa shape index (κ2) is 20.9. The molecule has 0 amide bonds. The molecule has 0 saturated heterocycles. The Morgan fingerprint density at radius 1 is 0.292 bits per heavy atom. The minimum absolute atomic E-state index is 0.177. The maximum atomic E-state index is 4.23. The number of benzene rings is 1. The number of nitrogens with zero attached hydrogens (tertiary/aromatic N) is 2. The molecule has 0 bridgehead atoms. The molecule has 2 aromatic heterocycles. The lowest BCUT2D eigenvalue weighted by Gasteiger charge is -2.29. The van der Waals surface area contributed by atoms with Crippen molar-refractivity contribution in [2.45, 2.75) is 199 Å². The highest BCUT2D eigenvalue weighted by Crippen LogP contribution is 2.35. The Balaban J connectivity index is -0.000000585. The Kier molecular flexibility index (Phi) is 21.7. The van der Waals surface area contributed by atoms with Crippen LogP contribution in [0.3, 0.4) is 0 Å². The summed E-state index contributed by atoms with van der Waals surface area (Å²) in [5, 5.41) is 0. The molecular formula is C46H82N2. The molecule has 276 valence electrons. The first-order chi connectivity index (χ1) is 21.7. The molecule has 2 heterocycles. The lowest BCUT2D eigenvalue weighted by Crippen LogP contribution is -2.22. The van der Waals surface area contributed by atoms with E-state index in [2.05, 4.69) is 171 Å². The average Bonchev–Trinajstić information content (AvgIpc) is 2.98. The van der Waals surface area contributed by atoms with Crippen LogP contribution in [-0.4, -0.2) is 9.97 Å². The maximum absolute atomic E-state index is 4.23. The van der Waals surface area contributed by atoms with Gasteiger partial charge in [-0.3, -0.25) is 9.97 Å². The summed E-state index contributed by atoms with van der Waals surface area (Å²) in [6, 6.07) is 13.0. The van der Waals surface area contributed by atoms with Crippen LogP contribution in [0, 0.1) is 0 Å². The van der Waals surface area contributed by atoms with E-state index in [4.69, 9.17) is 0 Å². The third-order valence-electron chi connectivity index (χ3n) is 7.42. The number of hydrogen-bond donors (Lipinski definition) is 0. The zero-order valence-corrected chi connectivity index (χ0v) is 36.7. The molecule has 1 aromatic carbocycles. The van der Waals surface area contributed by atoms with E-state index in [9.17, 15) is 0 Å². The van der Waals surface area contributed by atoms with Crippen LogP contribution in [0.5, 0.6) is 0 Å². The number of aromatic nitrogens is 2. The van der Waals surface area contributed by atoms with Crippen molar-refractivity contribution in [3.05, 3.63) is 94.6 Å². The monoisotopic (exact) mass is 663 g/mol. The Labute approximate surface area is 302 Å². The van der Waals surface area contributed by atoms with E-state index in [0.717, 1.165) is 0 Å². The number of rotatable bonds is 0. The van der Waals surface area contributed by atoms with Gasteiger partial charge < -0.3 is 0 Å². The Morgan fingerprint density at radius 2 is 0.479 bits per heavy atom. The summed E-state index contributed by atoms with van der Waals surface area (Å²) in [5.41, 5.74) is 9.68. The summed E-state index contributed by atoms with van der Waals surface area (Å²) in [6.07, 6.45) is 7.77. The highest BCUT2D eigenvalue weighted by atomic mass is 14.6. The molecule has 2 heteroatoms. The Hall–Kier alpha value is -2.48. The summed E-state index contributed by atoms with van der Waals surface area (Å²) < 4.78 is 0.